The van der Waals surface area contributed by atoms with Crippen LogP contribution in [0.3, 0.4) is 0 Å². The van der Waals surface area contributed by atoms with Crippen LogP contribution in [0.15, 0.2) is 30.3 Å². The molecule has 5 nitrogen and oxygen atoms in total. The van der Waals surface area contributed by atoms with Crippen molar-refractivity contribution in [2.75, 3.05) is 0 Å². The van der Waals surface area contributed by atoms with Crippen LogP contribution in [0.5, 0.6) is 0 Å². The molecule has 0 saturated heterocycles. The normalized spacial score (nSPS) is 5.64. The maximum Gasteiger partial charge on any atom is 0.231 e. The topological polar surface area (TPSA) is 106 Å². The number of nitriles is 1. The average molecular weight is 189 g/mol. The van der Waals surface area contributed by atoms with Crippen LogP contribution in [-0.2, 0) is 9.59 Å². The Morgan fingerprint density at radius 2 is 1.36 bits per heavy atom. The van der Waals surface area contributed by atoms with Crippen LogP contribution < -0.4 is 0 Å². The van der Waals surface area contributed by atoms with E-state index in [-0.39, 0.29) is 0 Å². The average Bonchev–Trinajstić information content (AvgIpc) is 2.21. The van der Waals surface area contributed by atoms with Crippen molar-refractivity contribution in [2.24, 2.45) is 0 Å². The Morgan fingerprint density at radius 3 is 1.57 bits per heavy atom. The molecular formula is C9H7N3O2. The quantitative estimate of drug-likeness (QED) is 0.475. The molecule has 1 aromatic rings. The molecule has 0 aliphatic carbocycles. The van der Waals surface area contributed by atoms with Crippen molar-refractivity contribution in [1.29, 1.82) is 16.1 Å². The maximum absolute atomic E-state index is 8.35. The number of nitrogens with one attached hydrogen (secondary N) is 2. The highest BCUT2D eigenvalue weighted by molar-refractivity contribution is 5.27. The minimum absolute atomic E-state index is 0.715. The van der Waals surface area contributed by atoms with Crippen molar-refractivity contribution >= 4 is 12.2 Å². The molecule has 0 saturated carbocycles. The molecule has 0 amide bonds. The molecule has 0 aromatic heterocycles. The van der Waals surface area contributed by atoms with Crippen LogP contribution >= 0.6 is 0 Å². The summed E-state index contributed by atoms with van der Waals surface area (Å²) in [4.78, 5) is 16.7. The third kappa shape index (κ3) is 12.2. The van der Waals surface area contributed by atoms with Gasteiger partial charge in [0.15, 0.2) is 0 Å². The zero-order chi connectivity index (χ0) is 11.2. The lowest BCUT2D eigenvalue weighted by atomic mass is 10.2. The molecule has 0 aliphatic rings. The summed E-state index contributed by atoms with van der Waals surface area (Å²) < 4.78 is 0. The summed E-state index contributed by atoms with van der Waals surface area (Å²) >= 11 is 0. The summed E-state index contributed by atoms with van der Waals surface area (Å²) in [7, 11) is 0. The second kappa shape index (κ2) is 13.1. The number of rotatable bonds is 0. The minimum atomic E-state index is 0.715. The van der Waals surface area contributed by atoms with E-state index in [2.05, 4.69) is 0 Å². The van der Waals surface area contributed by atoms with E-state index in [1.165, 1.54) is 0 Å². The molecule has 0 fully saturated rings. The first kappa shape index (κ1) is 14.0. The van der Waals surface area contributed by atoms with Gasteiger partial charge < -0.3 is 0 Å². The van der Waals surface area contributed by atoms with Gasteiger partial charge in [-0.1, -0.05) is 18.2 Å². The van der Waals surface area contributed by atoms with Gasteiger partial charge in [-0.25, -0.2) is 20.4 Å². The second-order valence-corrected chi connectivity index (χ2v) is 1.68. The first-order valence-corrected chi connectivity index (χ1v) is 3.29. The van der Waals surface area contributed by atoms with Crippen molar-refractivity contribution in [3.05, 3.63) is 35.9 Å². The van der Waals surface area contributed by atoms with Gasteiger partial charge in [0.2, 0.25) is 12.2 Å². The SMILES string of the molecule is N#Cc1ccccc1.N=C=O.N=C=O. The zero-order valence-corrected chi connectivity index (χ0v) is 7.15. The highest BCUT2D eigenvalue weighted by atomic mass is 16.1. The predicted octanol–water partition coefficient (Wildman–Crippen LogP) is 1.36. The summed E-state index contributed by atoms with van der Waals surface area (Å²) in [5.74, 6) is 0. The van der Waals surface area contributed by atoms with Crippen molar-refractivity contribution < 1.29 is 9.59 Å². The fourth-order valence-corrected chi connectivity index (χ4v) is 0.513. The maximum atomic E-state index is 8.35. The lowest BCUT2D eigenvalue weighted by Gasteiger charge is -1.80. The van der Waals surface area contributed by atoms with Gasteiger partial charge in [0.25, 0.3) is 0 Å². The molecule has 2 N–H and O–H groups in total. The molecule has 1 aromatic carbocycles. The monoisotopic (exact) mass is 189 g/mol. The molecule has 0 radical (unpaired) electrons. The van der Waals surface area contributed by atoms with E-state index in [0.29, 0.717) is 5.56 Å². The van der Waals surface area contributed by atoms with Gasteiger partial charge in [-0.2, -0.15) is 5.26 Å². The zero-order valence-electron chi connectivity index (χ0n) is 7.15. The number of isocyanates is 2. The largest absolute Gasteiger partial charge is 0.231 e. The van der Waals surface area contributed by atoms with Crippen molar-refractivity contribution in [2.45, 2.75) is 0 Å². The molecule has 0 heterocycles. The van der Waals surface area contributed by atoms with Gasteiger partial charge in [-0.15, -0.1) is 0 Å². The first-order chi connectivity index (χ1) is 6.76. The Labute approximate surface area is 80.6 Å². The van der Waals surface area contributed by atoms with Gasteiger partial charge in [0, 0.05) is 0 Å². The lowest BCUT2D eigenvalue weighted by molar-refractivity contribution is 0.562. The smallest absolute Gasteiger partial charge is 0.222 e. The molecule has 0 atom stereocenters. The Balaban J connectivity index is 0. The molecule has 5 heteroatoms. The summed E-state index contributed by atoms with van der Waals surface area (Å²) in [6, 6.07) is 11.2. The highest BCUT2D eigenvalue weighted by Gasteiger charge is 1.79. The van der Waals surface area contributed by atoms with E-state index < -0.39 is 0 Å². The van der Waals surface area contributed by atoms with Crippen LogP contribution in [-0.4, -0.2) is 12.2 Å². The number of nitrogens with zero attached hydrogens (tertiary/aromatic N) is 1. The van der Waals surface area contributed by atoms with Gasteiger partial charge >= 0.3 is 0 Å². The van der Waals surface area contributed by atoms with Gasteiger partial charge in [-0.3, -0.25) is 0 Å². The first-order valence-electron chi connectivity index (χ1n) is 3.29. The molecule has 0 bridgehead atoms. The summed E-state index contributed by atoms with van der Waals surface area (Å²) in [6.45, 7) is 0. The van der Waals surface area contributed by atoms with Gasteiger partial charge in [0.1, 0.15) is 0 Å². The highest BCUT2D eigenvalue weighted by Crippen LogP contribution is 1.92. The molecule has 0 unspecified atom stereocenters. The van der Waals surface area contributed by atoms with E-state index in [9.17, 15) is 0 Å². The molecule has 70 valence electrons. The molecule has 14 heavy (non-hydrogen) atoms. The van der Waals surface area contributed by atoms with Crippen molar-refractivity contribution in [1.82, 2.24) is 0 Å². The number of carbonyl (C=O) groups excluding carboxylic acids is 2. The fraction of sp³-hybridized carbons (Fsp3) is 0. The fourth-order valence-electron chi connectivity index (χ4n) is 0.513. The van der Waals surface area contributed by atoms with Crippen LogP contribution in [0.2, 0.25) is 0 Å². The molecule has 1 rings (SSSR count). The van der Waals surface area contributed by atoms with E-state index in [0.717, 1.165) is 12.2 Å². The van der Waals surface area contributed by atoms with Gasteiger partial charge in [-0.05, 0) is 12.1 Å². The number of hydrogen-bond donors (Lipinski definition) is 2. The van der Waals surface area contributed by atoms with E-state index in [4.69, 9.17) is 25.7 Å². The van der Waals surface area contributed by atoms with E-state index in [1.807, 2.05) is 24.3 Å². The van der Waals surface area contributed by atoms with Crippen LogP contribution in [0.25, 0.3) is 0 Å². The van der Waals surface area contributed by atoms with Crippen LogP contribution in [0.4, 0.5) is 0 Å². The Hall–Kier alpha value is -2.53. The Morgan fingerprint density at radius 1 is 1.00 bits per heavy atom. The summed E-state index contributed by atoms with van der Waals surface area (Å²) in [6.07, 6.45) is 1.50. The third-order valence-corrected chi connectivity index (χ3v) is 0.903. The van der Waals surface area contributed by atoms with Crippen LogP contribution in [0, 0.1) is 22.1 Å². The summed E-state index contributed by atoms with van der Waals surface area (Å²) in [5.41, 5.74) is 0.715. The third-order valence-electron chi connectivity index (χ3n) is 0.903. The predicted molar refractivity (Wildman–Crippen MR) is 48.0 cm³/mol. The summed E-state index contributed by atoms with van der Waals surface area (Å²) in [5, 5.41) is 19.1. The Kier molecular flexibility index (Phi) is 13.1. The van der Waals surface area contributed by atoms with Crippen molar-refractivity contribution in [3.63, 3.8) is 0 Å². The van der Waals surface area contributed by atoms with E-state index >= 15 is 0 Å². The second-order valence-electron chi connectivity index (χ2n) is 1.68. The Bertz CT molecular complexity index is 330. The standard InChI is InChI=1S/C7H5N.2CHNO/c8-6-7-4-2-1-3-5-7;2*2-1-3/h1-5H;2*2H. The van der Waals surface area contributed by atoms with Crippen LogP contribution in [0.1, 0.15) is 5.56 Å². The lowest BCUT2D eigenvalue weighted by Crippen LogP contribution is -1.66. The molecule has 0 aliphatic heterocycles. The van der Waals surface area contributed by atoms with Gasteiger partial charge in [0.05, 0.1) is 11.6 Å². The number of hydrogen-bond acceptors (Lipinski definition) is 5. The molecule has 0 spiro atoms. The van der Waals surface area contributed by atoms with E-state index in [1.54, 1.807) is 12.1 Å². The minimum Gasteiger partial charge on any atom is -0.222 e. The van der Waals surface area contributed by atoms with Crippen molar-refractivity contribution in [3.8, 4) is 6.07 Å². The molecular weight excluding hydrogens is 182 g/mol. The number of benzene rings is 1.